The Balaban J connectivity index is 1.53. The third-order valence-electron chi connectivity index (χ3n) is 4.74. The van der Waals surface area contributed by atoms with Gasteiger partial charge in [0, 0.05) is 37.0 Å². The van der Waals surface area contributed by atoms with Gasteiger partial charge in [-0.25, -0.2) is 16.8 Å². The van der Waals surface area contributed by atoms with Gasteiger partial charge in [-0.05, 0) is 36.4 Å². The minimum atomic E-state index is -3.49. The highest BCUT2D eigenvalue weighted by atomic mass is 32.2. The van der Waals surface area contributed by atoms with Crippen LogP contribution in [0.5, 0.6) is 5.75 Å². The second-order valence-electron chi connectivity index (χ2n) is 7.11. The molecule has 1 amide bonds. The predicted molar refractivity (Wildman–Crippen MR) is 116 cm³/mol. The van der Waals surface area contributed by atoms with Crippen LogP contribution in [0, 0.1) is 5.92 Å². The predicted octanol–water partition coefficient (Wildman–Crippen LogP) is 2.21. The van der Waals surface area contributed by atoms with Crippen LogP contribution in [0.2, 0.25) is 0 Å². The fourth-order valence-corrected chi connectivity index (χ4v) is 6.12. The fraction of sp³-hybridized carbons (Fsp3) is 0.421. The van der Waals surface area contributed by atoms with E-state index in [4.69, 9.17) is 4.74 Å². The molecule has 1 aliphatic rings. The summed E-state index contributed by atoms with van der Waals surface area (Å²) in [5.74, 6) is -0.0735. The highest BCUT2D eigenvalue weighted by Gasteiger charge is 2.32. The van der Waals surface area contributed by atoms with Crippen molar-refractivity contribution in [3.05, 3.63) is 41.8 Å². The van der Waals surface area contributed by atoms with E-state index >= 15 is 0 Å². The number of thiophene rings is 1. The topological polar surface area (TPSA) is 110 Å². The first-order valence-corrected chi connectivity index (χ1v) is 13.8. The van der Waals surface area contributed by atoms with Crippen molar-refractivity contribution in [1.82, 2.24) is 4.31 Å². The third-order valence-corrected chi connectivity index (χ3v) is 8.92. The average Bonchev–Trinajstić information content (AvgIpc) is 3.23. The lowest BCUT2D eigenvalue weighted by Gasteiger charge is -2.30. The molecule has 0 saturated carbocycles. The normalized spacial score (nSPS) is 16.3. The second-order valence-corrected chi connectivity index (χ2v) is 12.5. The molecule has 0 unspecified atom stereocenters. The Morgan fingerprint density at radius 2 is 1.90 bits per heavy atom. The molecule has 1 aromatic heterocycles. The second kappa shape index (κ2) is 9.46. The van der Waals surface area contributed by atoms with Crippen LogP contribution in [0.1, 0.15) is 12.8 Å². The Kier molecular flexibility index (Phi) is 7.17. The van der Waals surface area contributed by atoms with Crippen molar-refractivity contribution in [1.29, 1.82) is 0 Å². The number of nitrogens with zero attached hydrogens (tertiary/aromatic N) is 1. The monoisotopic (exact) mass is 472 g/mol. The number of amides is 1. The number of piperidine rings is 1. The summed E-state index contributed by atoms with van der Waals surface area (Å²) in [4.78, 5) is 12.6. The van der Waals surface area contributed by atoms with Crippen molar-refractivity contribution in [3.63, 3.8) is 0 Å². The Hall–Kier alpha value is -1.95. The van der Waals surface area contributed by atoms with Crippen LogP contribution in [0.15, 0.2) is 46.0 Å². The zero-order valence-electron chi connectivity index (χ0n) is 16.5. The van der Waals surface area contributed by atoms with Gasteiger partial charge in [-0.3, -0.25) is 4.79 Å². The molecule has 0 atom stereocenters. The number of ether oxygens (including phenoxy) is 1. The summed E-state index contributed by atoms with van der Waals surface area (Å²) >= 11 is 1.19. The summed E-state index contributed by atoms with van der Waals surface area (Å²) in [6.45, 7) is 0.632. The number of sulfonamides is 1. The lowest BCUT2D eigenvalue weighted by Crippen LogP contribution is -2.41. The first-order valence-electron chi connectivity index (χ1n) is 9.40. The molecular weight excluding hydrogens is 448 g/mol. The molecule has 2 heterocycles. The van der Waals surface area contributed by atoms with E-state index in [1.807, 2.05) is 0 Å². The summed E-state index contributed by atoms with van der Waals surface area (Å²) in [7, 11) is -6.60. The molecule has 3 rings (SSSR count). The summed E-state index contributed by atoms with van der Waals surface area (Å²) in [6, 6.07) is 10.0. The third kappa shape index (κ3) is 6.03. The van der Waals surface area contributed by atoms with Crippen LogP contribution in [0.4, 0.5) is 5.69 Å². The van der Waals surface area contributed by atoms with E-state index in [2.05, 4.69) is 5.32 Å². The van der Waals surface area contributed by atoms with E-state index in [9.17, 15) is 21.6 Å². The van der Waals surface area contributed by atoms with E-state index in [0.29, 0.717) is 41.6 Å². The maximum atomic E-state index is 12.6. The number of sulfone groups is 1. The molecule has 1 saturated heterocycles. The highest BCUT2D eigenvalue weighted by Crippen LogP contribution is 2.27. The van der Waals surface area contributed by atoms with Crippen LogP contribution < -0.4 is 10.1 Å². The molecule has 0 spiro atoms. The minimum Gasteiger partial charge on any atom is -0.492 e. The van der Waals surface area contributed by atoms with Gasteiger partial charge in [0.1, 0.15) is 16.6 Å². The van der Waals surface area contributed by atoms with E-state index < -0.39 is 19.9 Å². The van der Waals surface area contributed by atoms with Crippen molar-refractivity contribution >= 4 is 42.8 Å². The van der Waals surface area contributed by atoms with Crippen molar-refractivity contribution < 1.29 is 26.4 Å². The van der Waals surface area contributed by atoms with Crippen LogP contribution >= 0.6 is 11.3 Å². The smallest absolute Gasteiger partial charge is 0.252 e. The Bertz CT molecular complexity index is 1070. The molecule has 11 heteroatoms. The van der Waals surface area contributed by atoms with Crippen LogP contribution in [0.25, 0.3) is 0 Å². The van der Waals surface area contributed by atoms with Gasteiger partial charge in [-0.2, -0.15) is 4.31 Å². The van der Waals surface area contributed by atoms with Gasteiger partial charge in [-0.1, -0.05) is 12.1 Å². The molecule has 8 nitrogen and oxygen atoms in total. The molecule has 30 heavy (non-hydrogen) atoms. The number of carbonyl (C=O) groups excluding carboxylic acids is 1. The maximum absolute atomic E-state index is 12.6. The van der Waals surface area contributed by atoms with Crippen LogP contribution in [0.3, 0.4) is 0 Å². The molecule has 1 fully saturated rings. The highest BCUT2D eigenvalue weighted by molar-refractivity contribution is 7.91. The largest absolute Gasteiger partial charge is 0.492 e. The summed E-state index contributed by atoms with van der Waals surface area (Å²) in [6.07, 6.45) is 2.03. The van der Waals surface area contributed by atoms with Crippen LogP contribution in [-0.2, 0) is 24.7 Å². The number of hydrogen-bond donors (Lipinski definition) is 1. The van der Waals surface area contributed by atoms with E-state index in [1.165, 1.54) is 15.6 Å². The SMILES string of the molecule is CS(=O)(=O)CCOc1cccc(NC(=O)C2CCN(S(=O)(=O)c3cccs3)CC2)c1. The standard InChI is InChI=1S/C19H24N2O6S3/c1-29(23,24)13-11-27-17-5-2-4-16(14-17)20-19(22)15-7-9-21(10-8-15)30(25,26)18-6-3-12-28-18/h2-6,12,14-15H,7-11,13H2,1H3,(H,20,22). The lowest BCUT2D eigenvalue weighted by atomic mass is 9.97. The van der Waals surface area contributed by atoms with Crippen LogP contribution in [-0.4, -0.2) is 58.8 Å². The molecule has 0 aliphatic carbocycles. The molecule has 1 aliphatic heterocycles. The van der Waals surface area contributed by atoms with Gasteiger partial charge < -0.3 is 10.1 Å². The summed E-state index contributed by atoms with van der Waals surface area (Å²) < 4.78 is 54.7. The number of anilines is 1. The summed E-state index contributed by atoms with van der Waals surface area (Å²) in [5.41, 5.74) is 0.547. The van der Waals surface area contributed by atoms with E-state index in [1.54, 1.807) is 41.8 Å². The minimum absolute atomic E-state index is 0.0351. The first kappa shape index (κ1) is 22.7. The Labute approximate surface area is 180 Å². The van der Waals surface area contributed by atoms with Crippen molar-refractivity contribution in [2.75, 3.05) is 37.0 Å². The quantitative estimate of drug-likeness (QED) is 0.631. The number of hydrogen-bond acceptors (Lipinski definition) is 7. The lowest BCUT2D eigenvalue weighted by molar-refractivity contribution is -0.120. The van der Waals surface area contributed by atoms with Gasteiger partial charge in [0.05, 0.1) is 5.75 Å². The van der Waals surface area contributed by atoms with Gasteiger partial charge in [0.15, 0.2) is 9.84 Å². The number of rotatable bonds is 8. The molecule has 164 valence electrons. The Morgan fingerprint density at radius 1 is 1.17 bits per heavy atom. The number of benzene rings is 1. The zero-order chi connectivity index (χ0) is 21.8. The van der Waals surface area contributed by atoms with Crippen molar-refractivity contribution in [2.24, 2.45) is 5.92 Å². The van der Waals surface area contributed by atoms with Gasteiger partial charge in [0.25, 0.3) is 10.0 Å². The molecule has 0 radical (unpaired) electrons. The first-order chi connectivity index (χ1) is 14.1. The molecule has 0 bridgehead atoms. The fourth-order valence-electron chi connectivity index (χ4n) is 3.11. The van der Waals surface area contributed by atoms with E-state index in [0.717, 1.165) is 6.26 Å². The van der Waals surface area contributed by atoms with Gasteiger partial charge in [0.2, 0.25) is 5.91 Å². The Morgan fingerprint density at radius 3 is 2.53 bits per heavy atom. The molecular formula is C19H24N2O6S3. The zero-order valence-corrected chi connectivity index (χ0v) is 18.9. The maximum Gasteiger partial charge on any atom is 0.252 e. The number of carbonyl (C=O) groups is 1. The molecule has 2 aromatic rings. The summed E-state index contributed by atoms with van der Waals surface area (Å²) in [5, 5.41) is 4.56. The van der Waals surface area contributed by atoms with Gasteiger partial charge >= 0.3 is 0 Å². The average molecular weight is 473 g/mol. The van der Waals surface area contributed by atoms with E-state index in [-0.39, 0.29) is 24.2 Å². The molecule has 1 N–H and O–H groups in total. The number of nitrogens with one attached hydrogen (secondary N) is 1. The molecule has 1 aromatic carbocycles. The van der Waals surface area contributed by atoms with Crippen molar-refractivity contribution in [2.45, 2.75) is 17.1 Å². The van der Waals surface area contributed by atoms with Crippen molar-refractivity contribution in [3.8, 4) is 5.75 Å². The van der Waals surface area contributed by atoms with Gasteiger partial charge in [-0.15, -0.1) is 11.3 Å².